The van der Waals surface area contributed by atoms with Crippen LogP contribution < -0.4 is 5.32 Å². The van der Waals surface area contributed by atoms with E-state index in [1.165, 1.54) is 12.1 Å². The molecule has 1 aliphatic rings. The van der Waals surface area contributed by atoms with Crippen molar-refractivity contribution in [2.75, 3.05) is 5.32 Å². The van der Waals surface area contributed by atoms with Crippen LogP contribution in [-0.2, 0) is 13.0 Å². The van der Waals surface area contributed by atoms with Crippen LogP contribution >= 0.6 is 0 Å². The number of hydrogen-bond acceptors (Lipinski definition) is 4. The zero-order valence-electron chi connectivity index (χ0n) is 15.0. The second kappa shape index (κ2) is 7.49. The van der Waals surface area contributed by atoms with E-state index in [2.05, 4.69) is 16.4 Å². The van der Waals surface area contributed by atoms with Gasteiger partial charge >= 0.3 is 0 Å². The normalized spacial score (nSPS) is 15.2. The Morgan fingerprint density at radius 1 is 1.07 bits per heavy atom. The van der Waals surface area contributed by atoms with Gasteiger partial charge in [-0.25, -0.2) is 4.39 Å². The molecule has 1 N–H and O–H groups in total. The van der Waals surface area contributed by atoms with Crippen LogP contribution in [-0.4, -0.2) is 15.8 Å². The molecule has 0 saturated heterocycles. The Bertz CT molecular complexity index is 1040. The number of anilines is 1. The van der Waals surface area contributed by atoms with Crippen molar-refractivity contribution in [2.45, 2.75) is 19.1 Å². The maximum Gasteiger partial charge on any atom is 0.258 e. The molecule has 6 heteroatoms. The van der Waals surface area contributed by atoms with Crippen LogP contribution in [0.5, 0.6) is 0 Å². The average molecular weight is 372 g/mol. The molecule has 2 heterocycles. The fourth-order valence-corrected chi connectivity index (χ4v) is 3.30. The molecule has 5 nitrogen and oxygen atoms in total. The van der Waals surface area contributed by atoms with Gasteiger partial charge in [0, 0.05) is 18.4 Å². The Morgan fingerprint density at radius 3 is 2.50 bits per heavy atom. The number of carbonyl (C=O) groups excluding carboxylic acids is 1. The lowest BCUT2D eigenvalue weighted by molar-refractivity contribution is 0.0727. The number of halogens is 1. The first-order valence-electron chi connectivity index (χ1n) is 8.88. The summed E-state index contributed by atoms with van der Waals surface area (Å²) in [6.07, 6.45) is 1.58. The molecule has 0 fully saturated rings. The zero-order valence-corrected chi connectivity index (χ0v) is 15.0. The van der Waals surface area contributed by atoms with Crippen molar-refractivity contribution in [1.82, 2.24) is 9.88 Å². The third-order valence-electron chi connectivity index (χ3n) is 4.71. The summed E-state index contributed by atoms with van der Waals surface area (Å²) in [5.41, 5.74) is 3.80. The number of benzene rings is 2. The van der Waals surface area contributed by atoms with E-state index in [9.17, 15) is 9.18 Å². The molecule has 1 atom stereocenters. The van der Waals surface area contributed by atoms with E-state index >= 15 is 0 Å². The minimum atomic E-state index is -0.435. The summed E-state index contributed by atoms with van der Waals surface area (Å²) >= 11 is 0. The van der Waals surface area contributed by atoms with Gasteiger partial charge in [0.2, 0.25) is 0 Å². The third-order valence-corrected chi connectivity index (χ3v) is 4.71. The highest BCUT2D eigenvalue weighted by molar-refractivity contribution is 5.98. The number of hydrogen-bond donors (Lipinski definition) is 1. The van der Waals surface area contributed by atoms with E-state index in [0.29, 0.717) is 24.2 Å². The summed E-state index contributed by atoms with van der Waals surface area (Å²) in [5.74, 6) is -0.431. The SMILES string of the molecule is N#CCc1ccc(N[C@H]2c3ncccc3C(=O)N2Cc2ccc(F)cc2)cc1. The number of aromatic nitrogens is 1. The maximum absolute atomic E-state index is 13.2. The number of fused-ring (bicyclic) bond motifs is 1. The van der Waals surface area contributed by atoms with Crippen molar-refractivity contribution < 1.29 is 9.18 Å². The van der Waals surface area contributed by atoms with Gasteiger partial charge in [-0.2, -0.15) is 5.26 Å². The Kier molecular flexibility index (Phi) is 4.73. The molecule has 0 saturated carbocycles. The number of pyridine rings is 1. The van der Waals surface area contributed by atoms with Crippen molar-refractivity contribution in [3.8, 4) is 6.07 Å². The first-order chi connectivity index (χ1) is 13.7. The summed E-state index contributed by atoms with van der Waals surface area (Å²) in [7, 11) is 0. The fraction of sp³-hybridized carbons (Fsp3) is 0.136. The number of nitrogens with zero attached hydrogens (tertiary/aromatic N) is 3. The molecule has 28 heavy (non-hydrogen) atoms. The van der Waals surface area contributed by atoms with Gasteiger partial charge < -0.3 is 10.2 Å². The predicted octanol–water partition coefficient (Wildman–Crippen LogP) is 4.05. The number of nitrogens with one attached hydrogen (secondary N) is 1. The Hall–Kier alpha value is -3.72. The van der Waals surface area contributed by atoms with Crippen molar-refractivity contribution in [1.29, 1.82) is 5.26 Å². The highest BCUT2D eigenvalue weighted by atomic mass is 19.1. The van der Waals surface area contributed by atoms with Crippen LogP contribution in [0.25, 0.3) is 0 Å². The van der Waals surface area contributed by atoms with E-state index in [1.54, 1.807) is 35.4 Å². The topological polar surface area (TPSA) is 69.0 Å². The lowest BCUT2D eigenvalue weighted by Crippen LogP contribution is -2.32. The molecule has 0 radical (unpaired) electrons. The highest BCUT2D eigenvalue weighted by Gasteiger charge is 2.37. The smallest absolute Gasteiger partial charge is 0.258 e. The first-order valence-corrected chi connectivity index (χ1v) is 8.88. The zero-order chi connectivity index (χ0) is 19.5. The van der Waals surface area contributed by atoms with Gasteiger partial charge in [0.1, 0.15) is 12.0 Å². The van der Waals surface area contributed by atoms with Crippen LogP contribution in [0, 0.1) is 17.1 Å². The Balaban J connectivity index is 1.63. The lowest BCUT2D eigenvalue weighted by atomic mass is 10.1. The summed E-state index contributed by atoms with van der Waals surface area (Å²) in [6.45, 7) is 0.333. The number of nitriles is 1. The molecule has 0 unspecified atom stereocenters. The fourth-order valence-electron chi connectivity index (χ4n) is 3.30. The molecule has 1 amide bonds. The third kappa shape index (κ3) is 3.42. The molecule has 1 aliphatic heterocycles. The van der Waals surface area contributed by atoms with Gasteiger partial charge in [-0.15, -0.1) is 0 Å². The van der Waals surface area contributed by atoms with Gasteiger partial charge in [-0.3, -0.25) is 9.78 Å². The maximum atomic E-state index is 13.2. The molecule has 0 spiro atoms. The van der Waals surface area contributed by atoms with E-state index < -0.39 is 6.17 Å². The summed E-state index contributed by atoms with van der Waals surface area (Å²) < 4.78 is 13.2. The van der Waals surface area contributed by atoms with E-state index in [0.717, 1.165) is 16.8 Å². The minimum absolute atomic E-state index is 0.119. The molecule has 138 valence electrons. The monoisotopic (exact) mass is 372 g/mol. The van der Waals surface area contributed by atoms with Gasteiger partial charge in [0.15, 0.2) is 0 Å². The van der Waals surface area contributed by atoms with Crippen LogP contribution in [0.4, 0.5) is 10.1 Å². The lowest BCUT2D eigenvalue weighted by Gasteiger charge is -2.26. The first kappa shape index (κ1) is 17.7. The average Bonchev–Trinajstić information content (AvgIpc) is 2.97. The van der Waals surface area contributed by atoms with Gasteiger partial charge in [-0.1, -0.05) is 24.3 Å². The van der Waals surface area contributed by atoms with E-state index in [-0.39, 0.29) is 11.7 Å². The summed E-state index contributed by atoms with van der Waals surface area (Å²) in [5, 5.41) is 12.2. The largest absolute Gasteiger partial charge is 0.360 e. The molecule has 0 bridgehead atoms. The molecule has 3 aromatic rings. The molecular weight excluding hydrogens is 355 g/mol. The van der Waals surface area contributed by atoms with Crippen molar-refractivity contribution >= 4 is 11.6 Å². The number of amides is 1. The Morgan fingerprint density at radius 2 is 1.79 bits per heavy atom. The predicted molar refractivity (Wildman–Crippen MR) is 103 cm³/mol. The van der Waals surface area contributed by atoms with Gasteiger partial charge in [0.25, 0.3) is 5.91 Å². The van der Waals surface area contributed by atoms with Gasteiger partial charge in [-0.05, 0) is 47.5 Å². The standard InChI is InChI=1S/C22H17FN4O/c23-17-7-3-16(4-8-17)14-27-21(20-19(22(27)28)2-1-13-25-20)26-18-9-5-15(6-10-18)11-12-24/h1-10,13,21,26H,11,14H2/t21-/m1/s1. The second-order valence-corrected chi connectivity index (χ2v) is 6.57. The molecule has 0 aliphatic carbocycles. The molecular formula is C22H17FN4O. The van der Waals surface area contributed by atoms with Crippen molar-refractivity contribution in [3.63, 3.8) is 0 Å². The van der Waals surface area contributed by atoms with E-state index in [4.69, 9.17) is 5.26 Å². The van der Waals surface area contributed by atoms with Gasteiger partial charge in [0.05, 0.1) is 23.7 Å². The second-order valence-electron chi connectivity index (χ2n) is 6.57. The minimum Gasteiger partial charge on any atom is -0.360 e. The summed E-state index contributed by atoms with van der Waals surface area (Å²) in [4.78, 5) is 19.0. The highest BCUT2D eigenvalue weighted by Crippen LogP contribution is 2.34. The number of carbonyl (C=O) groups is 1. The quantitative estimate of drug-likeness (QED) is 0.733. The summed E-state index contributed by atoms with van der Waals surface area (Å²) in [6, 6.07) is 19.3. The van der Waals surface area contributed by atoms with E-state index in [1.807, 2.05) is 24.3 Å². The number of rotatable bonds is 5. The molecule has 4 rings (SSSR count). The van der Waals surface area contributed by atoms with Crippen LogP contribution in [0.2, 0.25) is 0 Å². The van der Waals surface area contributed by atoms with Crippen molar-refractivity contribution in [2.24, 2.45) is 0 Å². The van der Waals surface area contributed by atoms with Crippen LogP contribution in [0.1, 0.15) is 33.3 Å². The van der Waals surface area contributed by atoms with Crippen LogP contribution in [0.15, 0.2) is 66.9 Å². The Labute approximate surface area is 162 Å². The molecule has 1 aromatic heterocycles. The van der Waals surface area contributed by atoms with Crippen molar-refractivity contribution in [3.05, 3.63) is 95.1 Å². The molecule has 2 aromatic carbocycles. The van der Waals surface area contributed by atoms with Crippen LogP contribution in [0.3, 0.4) is 0 Å².